The van der Waals surface area contributed by atoms with E-state index in [1.54, 1.807) is 29.5 Å². The number of halogens is 1. The number of anilines is 1. The topological polar surface area (TPSA) is 94.6 Å². The molecule has 0 bridgehead atoms. The van der Waals surface area contributed by atoms with E-state index in [4.69, 9.17) is 0 Å². The highest BCUT2D eigenvalue weighted by molar-refractivity contribution is 7.09. The van der Waals surface area contributed by atoms with Crippen LogP contribution in [0.5, 0.6) is 0 Å². The van der Waals surface area contributed by atoms with Gasteiger partial charge in [0.05, 0.1) is 6.54 Å². The quantitative estimate of drug-likeness (QED) is 0.290. The van der Waals surface area contributed by atoms with Gasteiger partial charge in [0, 0.05) is 66.5 Å². The molecular weight excluding hydrogens is 565 g/mol. The number of hydrogen-bond acceptors (Lipinski definition) is 7. The van der Waals surface area contributed by atoms with Gasteiger partial charge < -0.3 is 15.5 Å². The fourth-order valence-corrected chi connectivity index (χ4v) is 7.02. The van der Waals surface area contributed by atoms with Crippen LogP contribution in [-0.2, 0) is 13.0 Å². The van der Waals surface area contributed by atoms with Gasteiger partial charge in [-0.1, -0.05) is 12.1 Å². The minimum atomic E-state index is -0.341. The number of hydrogen-bond donors (Lipinski definition) is 2. The molecule has 2 fully saturated rings. The second-order valence-corrected chi connectivity index (χ2v) is 12.9. The molecule has 2 amide bonds. The number of nitrogens with one attached hydrogen (secondary N) is 2. The monoisotopic (exact) mass is 605 g/mol. The SMILES string of the molecule is CC(=O)c1cc(NC(=O)N[C@@H]2CCN(Cc3nccs3)C[C@H]2CN2CCCC(Cc3ccc(F)cc3)C2)cc(C(C)=O)c1. The first kappa shape index (κ1) is 31.0. The smallest absolute Gasteiger partial charge is 0.319 e. The van der Waals surface area contributed by atoms with Crippen molar-refractivity contribution in [2.24, 2.45) is 11.8 Å². The summed E-state index contributed by atoms with van der Waals surface area (Å²) in [7, 11) is 0. The molecule has 0 saturated carbocycles. The van der Waals surface area contributed by atoms with Crippen molar-refractivity contribution in [3.8, 4) is 0 Å². The van der Waals surface area contributed by atoms with Crippen LogP contribution in [0.3, 0.4) is 0 Å². The Balaban J connectivity index is 1.25. The molecule has 2 aromatic carbocycles. The van der Waals surface area contributed by atoms with Gasteiger partial charge in [-0.25, -0.2) is 14.2 Å². The van der Waals surface area contributed by atoms with Crippen molar-refractivity contribution < 1.29 is 18.8 Å². The van der Waals surface area contributed by atoms with Crippen LogP contribution in [-0.4, -0.2) is 71.1 Å². The minimum Gasteiger partial charge on any atom is -0.335 e. The van der Waals surface area contributed by atoms with E-state index < -0.39 is 0 Å². The van der Waals surface area contributed by atoms with Gasteiger partial charge in [-0.05, 0) is 87.9 Å². The molecule has 0 spiro atoms. The van der Waals surface area contributed by atoms with Crippen LogP contribution in [0, 0.1) is 17.7 Å². The number of rotatable bonds is 10. The van der Waals surface area contributed by atoms with Gasteiger partial charge in [-0.3, -0.25) is 14.5 Å². The van der Waals surface area contributed by atoms with Crippen LogP contribution in [0.4, 0.5) is 14.9 Å². The molecule has 1 unspecified atom stereocenters. The average Bonchev–Trinajstić information content (AvgIpc) is 3.49. The highest BCUT2D eigenvalue weighted by Crippen LogP contribution is 2.26. The molecule has 0 aliphatic carbocycles. The Morgan fingerprint density at radius 2 is 1.72 bits per heavy atom. The summed E-state index contributed by atoms with van der Waals surface area (Å²) in [6.07, 6.45) is 5.85. The van der Waals surface area contributed by atoms with Crippen molar-refractivity contribution >= 4 is 34.6 Å². The van der Waals surface area contributed by atoms with Gasteiger partial charge in [-0.15, -0.1) is 11.3 Å². The van der Waals surface area contributed by atoms with Gasteiger partial charge in [0.2, 0.25) is 0 Å². The van der Waals surface area contributed by atoms with E-state index in [0.717, 1.165) is 70.0 Å². The third-order valence-corrected chi connectivity index (χ3v) is 9.28. The molecule has 2 N–H and O–H groups in total. The summed E-state index contributed by atoms with van der Waals surface area (Å²) in [5.41, 5.74) is 2.36. The molecular formula is C33H40FN5O3S. The minimum absolute atomic E-state index is 0.0340. The molecule has 3 atom stereocenters. The van der Waals surface area contributed by atoms with Gasteiger partial charge in [0.15, 0.2) is 11.6 Å². The molecule has 2 aliphatic rings. The maximum absolute atomic E-state index is 13.4. The third kappa shape index (κ3) is 8.78. The zero-order valence-corrected chi connectivity index (χ0v) is 25.7. The van der Waals surface area contributed by atoms with Gasteiger partial charge in [0.1, 0.15) is 10.8 Å². The second kappa shape index (κ2) is 14.3. The normalized spacial score (nSPS) is 21.3. The lowest BCUT2D eigenvalue weighted by Crippen LogP contribution is -2.55. The van der Waals surface area contributed by atoms with Crippen LogP contribution in [0.15, 0.2) is 54.0 Å². The van der Waals surface area contributed by atoms with E-state index in [1.165, 1.54) is 31.5 Å². The number of urea groups is 1. The first-order valence-corrected chi connectivity index (χ1v) is 15.9. The van der Waals surface area contributed by atoms with Crippen LogP contribution < -0.4 is 10.6 Å². The molecule has 0 radical (unpaired) electrons. The summed E-state index contributed by atoms with van der Waals surface area (Å²) >= 11 is 1.66. The predicted molar refractivity (Wildman–Crippen MR) is 167 cm³/mol. The van der Waals surface area contributed by atoms with Crippen molar-refractivity contribution in [1.29, 1.82) is 0 Å². The maximum Gasteiger partial charge on any atom is 0.319 e. The summed E-state index contributed by atoms with van der Waals surface area (Å²) in [5.74, 6) is 0.173. The summed E-state index contributed by atoms with van der Waals surface area (Å²) in [4.78, 5) is 46.7. The lowest BCUT2D eigenvalue weighted by atomic mass is 9.88. The summed E-state index contributed by atoms with van der Waals surface area (Å²) in [6.45, 7) is 8.24. The molecule has 1 aromatic heterocycles. The number of ketones is 2. The number of likely N-dealkylation sites (tertiary alicyclic amines) is 2. The van der Waals surface area contributed by atoms with Crippen molar-refractivity contribution in [3.63, 3.8) is 0 Å². The van der Waals surface area contributed by atoms with E-state index >= 15 is 0 Å². The standard InChI is InChI=1S/C33H40FN5O3S/c1-22(40)26-15-27(23(2)41)17-30(16-26)36-33(42)37-31-9-12-39(21-32-35-10-13-43-32)20-28(31)19-38-11-3-4-25(18-38)14-24-5-7-29(34)8-6-24/h5-8,10,13,15-17,25,28,31H,3-4,9,11-12,14,18-21H2,1-2H3,(H2,36,37,42)/t25?,28-,31-/m1/s1. The second-order valence-electron chi connectivity index (χ2n) is 11.9. The Labute approximate surface area is 256 Å². The number of benzene rings is 2. The molecule has 3 aromatic rings. The molecule has 2 aliphatic heterocycles. The fourth-order valence-electron chi connectivity index (χ4n) is 6.36. The first-order valence-electron chi connectivity index (χ1n) is 15.0. The zero-order valence-electron chi connectivity index (χ0n) is 24.9. The number of carbonyl (C=O) groups excluding carboxylic acids is 3. The third-order valence-electron chi connectivity index (χ3n) is 8.51. The van der Waals surface area contributed by atoms with Gasteiger partial charge in [0.25, 0.3) is 0 Å². The Morgan fingerprint density at radius 3 is 2.40 bits per heavy atom. The van der Waals surface area contributed by atoms with Gasteiger partial charge in [-0.2, -0.15) is 0 Å². The van der Waals surface area contributed by atoms with Gasteiger partial charge >= 0.3 is 6.03 Å². The molecule has 8 nitrogen and oxygen atoms in total. The van der Waals surface area contributed by atoms with Crippen LogP contribution in [0.25, 0.3) is 0 Å². The Bertz CT molecular complexity index is 1380. The number of carbonyl (C=O) groups is 3. The number of Topliss-reactive ketones (excluding diaryl/α,β-unsaturated/α-hetero) is 2. The van der Waals surface area contributed by atoms with Crippen molar-refractivity contribution in [3.05, 3.63) is 81.6 Å². The Morgan fingerprint density at radius 1 is 0.977 bits per heavy atom. The molecule has 3 heterocycles. The van der Waals surface area contributed by atoms with Crippen molar-refractivity contribution in [1.82, 2.24) is 20.1 Å². The molecule has 2 saturated heterocycles. The van der Waals surface area contributed by atoms with Crippen LogP contribution in [0.1, 0.15) is 64.4 Å². The summed E-state index contributed by atoms with van der Waals surface area (Å²) in [6, 6.07) is 11.2. The molecule has 5 rings (SSSR count). The van der Waals surface area contributed by atoms with E-state index in [1.807, 2.05) is 23.7 Å². The molecule has 10 heteroatoms. The molecule has 228 valence electrons. The van der Waals surface area contributed by atoms with Crippen LogP contribution in [0.2, 0.25) is 0 Å². The maximum atomic E-state index is 13.4. The fraction of sp³-hybridized carbons (Fsp3) is 0.455. The van der Waals surface area contributed by atoms with Crippen LogP contribution >= 0.6 is 11.3 Å². The number of amides is 2. The first-order chi connectivity index (χ1) is 20.7. The summed E-state index contributed by atoms with van der Waals surface area (Å²) < 4.78 is 13.4. The van der Waals surface area contributed by atoms with E-state index in [0.29, 0.717) is 22.7 Å². The number of aromatic nitrogens is 1. The summed E-state index contributed by atoms with van der Waals surface area (Å²) in [5, 5.41) is 9.18. The lowest BCUT2D eigenvalue weighted by molar-refractivity contribution is 0.0818. The number of nitrogens with zero attached hydrogens (tertiary/aromatic N) is 3. The Kier molecular flexibility index (Phi) is 10.3. The van der Waals surface area contributed by atoms with E-state index in [9.17, 15) is 18.8 Å². The number of thiazole rings is 1. The van der Waals surface area contributed by atoms with E-state index in [-0.39, 0.29) is 35.4 Å². The highest BCUT2D eigenvalue weighted by atomic mass is 32.1. The van der Waals surface area contributed by atoms with E-state index in [2.05, 4.69) is 25.4 Å². The lowest BCUT2D eigenvalue weighted by Gasteiger charge is -2.42. The molecule has 43 heavy (non-hydrogen) atoms. The van der Waals surface area contributed by atoms with Crippen molar-refractivity contribution in [2.45, 2.75) is 52.1 Å². The Hall–Kier alpha value is -3.47. The average molecular weight is 606 g/mol. The highest BCUT2D eigenvalue weighted by Gasteiger charge is 2.33. The number of piperidine rings is 2. The predicted octanol–water partition coefficient (Wildman–Crippen LogP) is 5.65. The zero-order chi connectivity index (χ0) is 30.3. The van der Waals surface area contributed by atoms with Crippen molar-refractivity contribution in [2.75, 3.05) is 38.0 Å². The largest absolute Gasteiger partial charge is 0.335 e.